The van der Waals surface area contributed by atoms with Gasteiger partial charge in [-0.05, 0) is 119 Å². The lowest BCUT2D eigenvalue weighted by molar-refractivity contribution is 1.28. The summed E-state index contributed by atoms with van der Waals surface area (Å²) in [4.78, 5) is 2.37. The lowest BCUT2D eigenvalue weighted by Crippen LogP contribution is -2.10. The average molecular weight is 674 g/mol. The first kappa shape index (κ1) is 30.8. The maximum absolute atomic E-state index is 2.39. The molecule has 10 aromatic carbocycles. The van der Waals surface area contributed by atoms with Gasteiger partial charge in [-0.1, -0.05) is 170 Å². The van der Waals surface area contributed by atoms with Gasteiger partial charge < -0.3 is 4.90 Å². The first-order chi connectivity index (χ1) is 26.3. The van der Waals surface area contributed by atoms with Crippen LogP contribution in [0.15, 0.2) is 212 Å². The predicted molar refractivity (Wildman–Crippen MR) is 227 cm³/mol. The van der Waals surface area contributed by atoms with Gasteiger partial charge >= 0.3 is 0 Å². The van der Waals surface area contributed by atoms with Crippen molar-refractivity contribution in [1.82, 2.24) is 0 Å². The van der Waals surface area contributed by atoms with Crippen molar-refractivity contribution in [2.24, 2.45) is 0 Å². The summed E-state index contributed by atoms with van der Waals surface area (Å²) in [7, 11) is 0. The van der Waals surface area contributed by atoms with Crippen molar-refractivity contribution in [1.29, 1.82) is 0 Å². The molecule has 0 unspecified atom stereocenters. The molecule has 1 nitrogen and oxygen atoms in total. The summed E-state index contributed by atoms with van der Waals surface area (Å²) in [6.45, 7) is 0. The van der Waals surface area contributed by atoms with Crippen molar-refractivity contribution >= 4 is 60.2 Å². The van der Waals surface area contributed by atoms with E-state index in [-0.39, 0.29) is 0 Å². The van der Waals surface area contributed by atoms with Crippen LogP contribution >= 0.6 is 0 Å². The molecule has 0 heterocycles. The molecule has 10 rings (SSSR count). The second-order valence-corrected chi connectivity index (χ2v) is 13.7. The Kier molecular flexibility index (Phi) is 7.55. The van der Waals surface area contributed by atoms with Gasteiger partial charge in [0.1, 0.15) is 0 Å². The third kappa shape index (κ3) is 5.51. The van der Waals surface area contributed by atoms with Crippen molar-refractivity contribution in [2.75, 3.05) is 4.90 Å². The van der Waals surface area contributed by atoms with Crippen molar-refractivity contribution in [3.63, 3.8) is 0 Å². The lowest BCUT2D eigenvalue weighted by Gasteiger charge is -2.26. The van der Waals surface area contributed by atoms with Gasteiger partial charge in [-0.3, -0.25) is 0 Å². The zero-order chi connectivity index (χ0) is 35.1. The Morgan fingerprint density at radius 2 is 0.755 bits per heavy atom. The van der Waals surface area contributed by atoms with Crippen LogP contribution in [0, 0.1) is 0 Å². The van der Waals surface area contributed by atoms with Crippen LogP contribution in [0.3, 0.4) is 0 Å². The van der Waals surface area contributed by atoms with Gasteiger partial charge in [0.2, 0.25) is 0 Å². The summed E-state index contributed by atoms with van der Waals surface area (Å²) in [5.74, 6) is 0. The first-order valence-corrected chi connectivity index (χ1v) is 18.3. The fraction of sp³-hybridized carbons (Fsp3) is 0. The molecule has 0 aliphatic carbocycles. The van der Waals surface area contributed by atoms with Crippen LogP contribution in [-0.2, 0) is 0 Å². The molecule has 0 N–H and O–H groups in total. The van der Waals surface area contributed by atoms with E-state index in [4.69, 9.17) is 0 Å². The summed E-state index contributed by atoms with van der Waals surface area (Å²) in [6, 6.07) is 77.2. The van der Waals surface area contributed by atoms with Gasteiger partial charge in [0.25, 0.3) is 0 Å². The number of hydrogen-bond acceptors (Lipinski definition) is 1. The van der Waals surface area contributed by atoms with Crippen LogP contribution in [0.25, 0.3) is 76.5 Å². The van der Waals surface area contributed by atoms with Crippen molar-refractivity contribution in [3.8, 4) is 33.4 Å². The maximum atomic E-state index is 2.39. The zero-order valence-electron chi connectivity index (χ0n) is 29.2. The molecule has 0 aliphatic heterocycles. The Bertz CT molecular complexity index is 2920. The SMILES string of the molecule is c1ccc(-c2ccc(N(c3ccc(-c4cc5c6ccccc6ccc5c5ccccc45)cc3)c3cccc(-c4cccc5ccccc45)c3)cc2)cc1. The van der Waals surface area contributed by atoms with Crippen molar-refractivity contribution < 1.29 is 0 Å². The molecule has 1 heteroatoms. The van der Waals surface area contributed by atoms with Crippen LogP contribution in [0.5, 0.6) is 0 Å². The molecule has 0 saturated carbocycles. The molecular formula is C52H35N. The van der Waals surface area contributed by atoms with Crippen LogP contribution < -0.4 is 4.90 Å². The smallest absolute Gasteiger partial charge is 0.0467 e. The van der Waals surface area contributed by atoms with Crippen molar-refractivity contribution in [2.45, 2.75) is 0 Å². The van der Waals surface area contributed by atoms with Crippen LogP contribution in [-0.4, -0.2) is 0 Å². The number of rotatable bonds is 6. The summed E-state index contributed by atoms with van der Waals surface area (Å²) in [5, 5.41) is 10.2. The summed E-state index contributed by atoms with van der Waals surface area (Å²) < 4.78 is 0. The van der Waals surface area contributed by atoms with Gasteiger partial charge in [-0.2, -0.15) is 0 Å². The fourth-order valence-corrected chi connectivity index (χ4v) is 8.06. The topological polar surface area (TPSA) is 3.24 Å². The van der Waals surface area contributed by atoms with E-state index in [1.54, 1.807) is 0 Å². The Hall–Kier alpha value is -6.96. The predicted octanol–water partition coefficient (Wildman–Crippen LogP) is 14.8. The molecule has 53 heavy (non-hydrogen) atoms. The molecule has 0 amide bonds. The van der Waals surface area contributed by atoms with E-state index in [2.05, 4.69) is 217 Å². The van der Waals surface area contributed by atoms with Gasteiger partial charge in [-0.15, -0.1) is 0 Å². The zero-order valence-corrected chi connectivity index (χ0v) is 29.2. The summed E-state index contributed by atoms with van der Waals surface area (Å²) in [5.41, 5.74) is 10.6. The minimum atomic E-state index is 1.10. The second-order valence-electron chi connectivity index (χ2n) is 13.7. The van der Waals surface area contributed by atoms with Crippen LogP contribution in [0.2, 0.25) is 0 Å². The monoisotopic (exact) mass is 673 g/mol. The minimum absolute atomic E-state index is 1.10. The Morgan fingerprint density at radius 3 is 1.51 bits per heavy atom. The van der Waals surface area contributed by atoms with E-state index >= 15 is 0 Å². The quantitative estimate of drug-likeness (QED) is 0.159. The highest BCUT2D eigenvalue weighted by molar-refractivity contribution is 6.21. The highest BCUT2D eigenvalue weighted by Gasteiger charge is 2.16. The van der Waals surface area contributed by atoms with Gasteiger partial charge in [-0.25, -0.2) is 0 Å². The molecular weight excluding hydrogens is 639 g/mol. The molecule has 0 aromatic heterocycles. The molecule has 0 saturated heterocycles. The van der Waals surface area contributed by atoms with E-state index < -0.39 is 0 Å². The van der Waals surface area contributed by atoms with E-state index in [1.165, 1.54) is 76.5 Å². The minimum Gasteiger partial charge on any atom is -0.310 e. The third-order valence-electron chi connectivity index (χ3n) is 10.6. The largest absolute Gasteiger partial charge is 0.310 e. The Morgan fingerprint density at radius 1 is 0.226 bits per heavy atom. The number of fused-ring (bicyclic) bond motifs is 6. The van der Waals surface area contributed by atoms with Crippen LogP contribution in [0.1, 0.15) is 0 Å². The van der Waals surface area contributed by atoms with E-state index in [9.17, 15) is 0 Å². The van der Waals surface area contributed by atoms with E-state index in [0.717, 1.165) is 17.1 Å². The molecule has 0 atom stereocenters. The lowest BCUT2D eigenvalue weighted by atomic mass is 9.91. The molecule has 0 spiro atoms. The van der Waals surface area contributed by atoms with E-state index in [1.807, 2.05) is 0 Å². The van der Waals surface area contributed by atoms with Gasteiger partial charge in [0.05, 0.1) is 0 Å². The van der Waals surface area contributed by atoms with Gasteiger partial charge in [0, 0.05) is 17.1 Å². The fourth-order valence-electron chi connectivity index (χ4n) is 8.06. The number of benzene rings is 10. The maximum Gasteiger partial charge on any atom is 0.0467 e. The summed E-state index contributed by atoms with van der Waals surface area (Å²) >= 11 is 0. The van der Waals surface area contributed by atoms with Crippen LogP contribution in [0.4, 0.5) is 17.1 Å². The van der Waals surface area contributed by atoms with Gasteiger partial charge in [0.15, 0.2) is 0 Å². The first-order valence-electron chi connectivity index (χ1n) is 18.3. The molecule has 0 radical (unpaired) electrons. The second kappa shape index (κ2) is 13.0. The standard InChI is InChI=1S/C52H35N/c1-2-12-36(13-3-1)37-24-29-42(30-25-37)53(44-18-10-17-41(34-44)47-23-11-16-38-14-4-6-19-45(38)47)43-31-26-40(27-32-43)51-35-52-46-20-7-5-15-39(46)28-33-50(52)48-21-8-9-22-49(48)51/h1-35H. The third-order valence-corrected chi connectivity index (χ3v) is 10.6. The molecule has 0 aliphatic rings. The average Bonchev–Trinajstić information content (AvgIpc) is 3.24. The summed E-state index contributed by atoms with van der Waals surface area (Å²) in [6.07, 6.45) is 0. The highest BCUT2D eigenvalue weighted by Crippen LogP contribution is 2.42. The number of anilines is 3. The molecule has 10 aromatic rings. The Balaban J connectivity index is 1.11. The number of nitrogens with zero attached hydrogens (tertiary/aromatic N) is 1. The molecule has 0 fully saturated rings. The molecule has 0 bridgehead atoms. The van der Waals surface area contributed by atoms with Crippen molar-refractivity contribution in [3.05, 3.63) is 212 Å². The number of hydrogen-bond donors (Lipinski definition) is 0. The van der Waals surface area contributed by atoms with E-state index in [0.29, 0.717) is 0 Å². The molecule has 248 valence electrons. The Labute approximate surface area is 309 Å². The highest BCUT2D eigenvalue weighted by atomic mass is 15.1. The normalized spacial score (nSPS) is 11.4.